The number of nitrogens with zero attached hydrogens (tertiary/aromatic N) is 2. The van der Waals surface area contributed by atoms with Crippen molar-refractivity contribution in [1.82, 2.24) is 15.5 Å². The van der Waals surface area contributed by atoms with Gasteiger partial charge in [0.05, 0.1) is 6.54 Å². The summed E-state index contributed by atoms with van der Waals surface area (Å²) < 4.78 is 6.09. The van der Waals surface area contributed by atoms with E-state index in [1.165, 1.54) is 19.3 Å². The molecule has 1 aliphatic carbocycles. The standard InChI is InChI=1S/C23H36N4O2.HI/c1-2-24-23(25-16-13-22(28)26-19-9-5-3-6-10-19)27-17-14-21(15-18-27)29-20-11-7-4-8-12-20;/h4,7-8,11-12,19,21H,2-3,5-6,9-10,13-18H2,1H3,(H,24,25)(H,26,28);1H. The number of carbonyl (C=O) groups excluding carboxylic acids is 1. The van der Waals surface area contributed by atoms with E-state index < -0.39 is 0 Å². The van der Waals surface area contributed by atoms with Gasteiger partial charge in [-0.2, -0.15) is 0 Å². The lowest BCUT2D eigenvalue weighted by Crippen LogP contribution is -2.47. The summed E-state index contributed by atoms with van der Waals surface area (Å²) in [5, 5.41) is 6.55. The molecule has 168 valence electrons. The first-order valence-electron chi connectivity index (χ1n) is 11.3. The van der Waals surface area contributed by atoms with Crippen LogP contribution in [0.2, 0.25) is 0 Å². The fraction of sp³-hybridized carbons (Fsp3) is 0.652. The van der Waals surface area contributed by atoms with Crippen LogP contribution in [0.4, 0.5) is 0 Å². The van der Waals surface area contributed by atoms with Gasteiger partial charge in [0.25, 0.3) is 0 Å². The van der Waals surface area contributed by atoms with Gasteiger partial charge in [-0.05, 0) is 31.9 Å². The van der Waals surface area contributed by atoms with Crippen molar-refractivity contribution in [2.24, 2.45) is 4.99 Å². The van der Waals surface area contributed by atoms with Gasteiger partial charge < -0.3 is 20.3 Å². The monoisotopic (exact) mass is 528 g/mol. The molecule has 2 fully saturated rings. The third-order valence-corrected chi connectivity index (χ3v) is 5.69. The minimum atomic E-state index is 0. The summed E-state index contributed by atoms with van der Waals surface area (Å²) in [6.45, 7) is 5.26. The number of rotatable bonds is 7. The number of likely N-dealkylation sites (tertiary alicyclic amines) is 1. The van der Waals surface area contributed by atoms with E-state index in [-0.39, 0.29) is 36.0 Å². The summed E-state index contributed by atoms with van der Waals surface area (Å²) in [4.78, 5) is 19.2. The van der Waals surface area contributed by atoms with Crippen molar-refractivity contribution < 1.29 is 9.53 Å². The van der Waals surface area contributed by atoms with E-state index in [4.69, 9.17) is 9.73 Å². The zero-order valence-corrected chi connectivity index (χ0v) is 20.5. The number of guanidine groups is 1. The Morgan fingerprint density at radius 3 is 2.47 bits per heavy atom. The zero-order chi connectivity index (χ0) is 20.3. The van der Waals surface area contributed by atoms with Crippen molar-refractivity contribution in [2.75, 3.05) is 26.2 Å². The molecule has 0 radical (unpaired) electrons. The number of hydrogen-bond acceptors (Lipinski definition) is 3. The third-order valence-electron chi connectivity index (χ3n) is 5.69. The molecule has 3 rings (SSSR count). The molecule has 0 spiro atoms. The van der Waals surface area contributed by atoms with Gasteiger partial charge in [0.1, 0.15) is 11.9 Å². The highest BCUT2D eigenvalue weighted by Crippen LogP contribution is 2.19. The smallest absolute Gasteiger partial charge is 0.222 e. The fourth-order valence-electron chi connectivity index (χ4n) is 4.11. The molecule has 1 saturated heterocycles. The SMILES string of the molecule is CCNC(=NCCC(=O)NC1CCCCC1)N1CCC(Oc2ccccc2)CC1.I. The van der Waals surface area contributed by atoms with Crippen LogP contribution in [0, 0.1) is 0 Å². The van der Waals surface area contributed by atoms with Crippen LogP contribution in [0.25, 0.3) is 0 Å². The van der Waals surface area contributed by atoms with Crippen LogP contribution in [-0.4, -0.2) is 55.1 Å². The van der Waals surface area contributed by atoms with Crippen molar-refractivity contribution >= 4 is 35.8 Å². The maximum absolute atomic E-state index is 12.2. The number of amides is 1. The second-order valence-corrected chi connectivity index (χ2v) is 8.01. The number of nitrogens with one attached hydrogen (secondary N) is 2. The minimum Gasteiger partial charge on any atom is -0.490 e. The Hall–Kier alpha value is -1.51. The average Bonchev–Trinajstić information content (AvgIpc) is 2.75. The van der Waals surface area contributed by atoms with Gasteiger partial charge in [0, 0.05) is 44.9 Å². The van der Waals surface area contributed by atoms with Gasteiger partial charge in [-0.1, -0.05) is 37.5 Å². The topological polar surface area (TPSA) is 66.0 Å². The van der Waals surface area contributed by atoms with Crippen LogP contribution in [0.5, 0.6) is 5.75 Å². The Morgan fingerprint density at radius 2 is 1.80 bits per heavy atom. The number of piperidine rings is 1. The fourth-order valence-corrected chi connectivity index (χ4v) is 4.11. The summed E-state index contributed by atoms with van der Waals surface area (Å²) in [6.07, 6.45) is 8.67. The molecule has 2 N–H and O–H groups in total. The molecule has 0 unspecified atom stereocenters. The van der Waals surface area contributed by atoms with Gasteiger partial charge >= 0.3 is 0 Å². The van der Waals surface area contributed by atoms with Gasteiger partial charge in [-0.3, -0.25) is 9.79 Å². The van der Waals surface area contributed by atoms with Crippen molar-refractivity contribution in [3.05, 3.63) is 30.3 Å². The normalized spacial score (nSPS) is 18.4. The molecule has 1 aromatic rings. The van der Waals surface area contributed by atoms with Crippen molar-refractivity contribution in [2.45, 2.75) is 70.4 Å². The number of hydrogen-bond donors (Lipinski definition) is 2. The number of benzene rings is 1. The maximum Gasteiger partial charge on any atom is 0.222 e. The molecule has 0 atom stereocenters. The molecule has 1 amide bonds. The summed E-state index contributed by atoms with van der Waals surface area (Å²) >= 11 is 0. The predicted octanol–water partition coefficient (Wildman–Crippen LogP) is 3.95. The molecule has 7 heteroatoms. The highest BCUT2D eigenvalue weighted by molar-refractivity contribution is 14.0. The van der Waals surface area contributed by atoms with E-state index in [1.807, 2.05) is 30.3 Å². The van der Waals surface area contributed by atoms with Crippen molar-refractivity contribution in [3.8, 4) is 5.75 Å². The first-order chi connectivity index (χ1) is 14.2. The van der Waals surface area contributed by atoms with E-state index >= 15 is 0 Å². The molecule has 1 aliphatic heterocycles. The number of carbonyl (C=O) groups is 1. The van der Waals surface area contributed by atoms with E-state index in [9.17, 15) is 4.79 Å². The third kappa shape index (κ3) is 8.32. The molecule has 30 heavy (non-hydrogen) atoms. The molecule has 1 heterocycles. The van der Waals surface area contributed by atoms with E-state index in [1.54, 1.807) is 0 Å². The van der Waals surface area contributed by atoms with Gasteiger partial charge in [0.15, 0.2) is 5.96 Å². The number of halogens is 1. The van der Waals surface area contributed by atoms with Crippen LogP contribution < -0.4 is 15.4 Å². The molecule has 1 aromatic carbocycles. The second kappa shape index (κ2) is 13.7. The molecule has 1 saturated carbocycles. The van der Waals surface area contributed by atoms with Gasteiger partial charge in [-0.15, -0.1) is 24.0 Å². The van der Waals surface area contributed by atoms with Crippen LogP contribution in [0.15, 0.2) is 35.3 Å². The second-order valence-electron chi connectivity index (χ2n) is 8.01. The molecular weight excluding hydrogens is 491 g/mol. The summed E-state index contributed by atoms with van der Waals surface area (Å²) in [5.41, 5.74) is 0. The lowest BCUT2D eigenvalue weighted by molar-refractivity contribution is -0.121. The van der Waals surface area contributed by atoms with Crippen LogP contribution in [0.1, 0.15) is 58.3 Å². The maximum atomic E-state index is 12.2. The van der Waals surface area contributed by atoms with E-state index in [0.29, 0.717) is 19.0 Å². The van der Waals surface area contributed by atoms with Gasteiger partial charge in [-0.25, -0.2) is 0 Å². The lowest BCUT2D eigenvalue weighted by Gasteiger charge is -2.34. The summed E-state index contributed by atoms with van der Waals surface area (Å²) in [5.74, 6) is 1.98. The summed E-state index contributed by atoms with van der Waals surface area (Å²) in [7, 11) is 0. The average molecular weight is 528 g/mol. The van der Waals surface area contributed by atoms with Crippen LogP contribution in [0.3, 0.4) is 0 Å². The molecule has 0 aromatic heterocycles. The summed E-state index contributed by atoms with van der Waals surface area (Å²) in [6, 6.07) is 10.4. The molecule has 2 aliphatic rings. The highest BCUT2D eigenvalue weighted by Gasteiger charge is 2.23. The molecular formula is C23H37IN4O2. The largest absolute Gasteiger partial charge is 0.490 e. The lowest BCUT2D eigenvalue weighted by atomic mass is 9.95. The number of para-hydroxylation sites is 1. The minimum absolute atomic E-state index is 0. The first-order valence-corrected chi connectivity index (χ1v) is 11.3. The molecule has 0 bridgehead atoms. The van der Waals surface area contributed by atoms with Crippen molar-refractivity contribution in [3.63, 3.8) is 0 Å². The Kier molecular flexibility index (Phi) is 11.3. The van der Waals surface area contributed by atoms with Gasteiger partial charge in [0.2, 0.25) is 5.91 Å². The molecule has 6 nitrogen and oxygen atoms in total. The Morgan fingerprint density at radius 1 is 1.10 bits per heavy atom. The van der Waals surface area contributed by atoms with Crippen LogP contribution >= 0.6 is 24.0 Å². The number of ether oxygens (including phenoxy) is 1. The Balaban J connectivity index is 0.00000320. The quantitative estimate of drug-likeness (QED) is 0.320. The Bertz CT molecular complexity index is 642. The zero-order valence-electron chi connectivity index (χ0n) is 18.1. The first kappa shape index (κ1) is 24.8. The van der Waals surface area contributed by atoms with E-state index in [0.717, 1.165) is 57.0 Å². The highest BCUT2D eigenvalue weighted by atomic mass is 127. The van der Waals surface area contributed by atoms with Crippen LogP contribution in [-0.2, 0) is 4.79 Å². The van der Waals surface area contributed by atoms with E-state index in [2.05, 4.69) is 22.5 Å². The van der Waals surface area contributed by atoms with Crippen molar-refractivity contribution in [1.29, 1.82) is 0 Å². The number of aliphatic imine (C=N–C) groups is 1. The predicted molar refractivity (Wildman–Crippen MR) is 133 cm³/mol. The Labute approximate surface area is 198 Å².